The molecule has 192 valence electrons. The first-order valence-electron chi connectivity index (χ1n) is 12.1. The van der Waals surface area contributed by atoms with Crippen LogP contribution in [0.25, 0.3) is 0 Å². The lowest BCUT2D eigenvalue weighted by Gasteiger charge is -2.33. The number of anilines is 1. The largest absolute Gasteiger partial charge is 0.444 e. The third-order valence-electron chi connectivity index (χ3n) is 5.60. The molecule has 8 heteroatoms. The molecule has 1 rings (SSSR count). The molecule has 0 radical (unpaired) electrons. The van der Waals surface area contributed by atoms with E-state index >= 15 is 0 Å². The normalized spacial score (nSPS) is 15.1. The summed E-state index contributed by atoms with van der Waals surface area (Å²) < 4.78 is 5.59. The van der Waals surface area contributed by atoms with Gasteiger partial charge in [0.15, 0.2) is 0 Å². The number of benzene rings is 1. The van der Waals surface area contributed by atoms with E-state index in [-0.39, 0.29) is 24.2 Å². The Morgan fingerprint density at radius 3 is 2.35 bits per heavy atom. The zero-order valence-corrected chi connectivity index (χ0v) is 23.2. The second-order valence-corrected chi connectivity index (χ2v) is 10.2. The van der Waals surface area contributed by atoms with Crippen molar-refractivity contribution in [2.75, 3.05) is 25.5 Å². The molecule has 0 aliphatic carbocycles. The number of hydrogen-bond donors (Lipinski definition) is 1. The summed E-state index contributed by atoms with van der Waals surface area (Å²) in [6.45, 7) is 17.2. The van der Waals surface area contributed by atoms with Crippen LogP contribution in [-0.2, 0) is 4.74 Å². The van der Waals surface area contributed by atoms with Crippen LogP contribution in [0, 0.1) is 0 Å². The van der Waals surface area contributed by atoms with Crippen molar-refractivity contribution >= 4 is 23.4 Å². The average Bonchev–Trinajstić information content (AvgIpc) is 2.77. The fraction of sp³-hybridized carbons (Fsp3) is 0.654. The number of ether oxygens (including phenoxy) is 1. The highest BCUT2D eigenvalue weighted by Crippen LogP contribution is 2.19. The summed E-state index contributed by atoms with van der Waals surface area (Å²) in [4.78, 5) is 14.4. The summed E-state index contributed by atoms with van der Waals surface area (Å²) in [7, 11) is 1.92. The Labute approximate surface area is 211 Å². The standard InChI is InChI=1S/C26H44ClN5O2/c1-10-17-32(25(33)34-26(6,7)8)21(5)20(4)29-30-31(9)18-16-24(19(3)11-2)28-23-14-12-22(27)13-15-23/h11-15,20-21,24,28H,10,16-18H2,1-9H3/b19-11+,30-29-/t20-,21?,24?/m0/s1. The van der Waals surface area contributed by atoms with Crippen LogP contribution in [0.5, 0.6) is 0 Å². The molecule has 34 heavy (non-hydrogen) atoms. The first-order valence-corrected chi connectivity index (χ1v) is 12.5. The predicted molar refractivity (Wildman–Crippen MR) is 143 cm³/mol. The summed E-state index contributed by atoms with van der Waals surface area (Å²) in [5.74, 6) is 0. The second-order valence-electron chi connectivity index (χ2n) is 9.77. The number of nitrogens with one attached hydrogen (secondary N) is 1. The van der Waals surface area contributed by atoms with Gasteiger partial charge in [-0.15, -0.1) is 0 Å². The minimum absolute atomic E-state index is 0.128. The molecule has 2 unspecified atom stereocenters. The highest BCUT2D eigenvalue weighted by Gasteiger charge is 2.28. The molecule has 0 bridgehead atoms. The van der Waals surface area contributed by atoms with Gasteiger partial charge in [-0.05, 0) is 85.6 Å². The van der Waals surface area contributed by atoms with Crippen molar-refractivity contribution < 1.29 is 9.53 Å². The Bertz CT molecular complexity index is 804. The van der Waals surface area contributed by atoms with Gasteiger partial charge in [0.1, 0.15) is 5.60 Å². The van der Waals surface area contributed by atoms with Gasteiger partial charge in [0.05, 0.1) is 12.1 Å². The van der Waals surface area contributed by atoms with Gasteiger partial charge in [-0.1, -0.05) is 35.4 Å². The molecule has 0 aromatic heterocycles. The van der Waals surface area contributed by atoms with E-state index in [1.54, 1.807) is 4.90 Å². The number of hydrogen-bond acceptors (Lipinski definition) is 5. The number of carbonyl (C=O) groups is 1. The van der Waals surface area contributed by atoms with Gasteiger partial charge < -0.3 is 15.0 Å². The topological polar surface area (TPSA) is 69.5 Å². The Hall–Kier alpha value is -2.28. The fourth-order valence-corrected chi connectivity index (χ4v) is 3.40. The van der Waals surface area contributed by atoms with E-state index in [1.807, 2.05) is 84.8 Å². The maximum atomic E-state index is 12.7. The first kappa shape index (κ1) is 29.8. The molecule has 0 saturated carbocycles. The van der Waals surface area contributed by atoms with Crippen molar-refractivity contribution in [2.24, 2.45) is 10.3 Å². The lowest BCUT2D eigenvalue weighted by molar-refractivity contribution is 0.0154. The quantitative estimate of drug-likeness (QED) is 0.190. The first-order chi connectivity index (χ1) is 15.9. The van der Waals surface area contributed by atoms with Crippen LogP contribution in [0.15, 0.2) is 46.3 Å². The van der Waals surface area contributed by atoms with Crippen molar-refractivity contribution in [3.05, 3.63) is 40.9 Å². The third kappa shape index (κ3) is 10.8. The van der Waals surface area contributed by atoms with E-state index in [2.05, 4.69) is 28.7 Å². The molecule has 0 saturated heterocycles. The predicted octanol–water partition coefficient (Wildman–Crippen LogP) is 7.20. The molecule has 1 N–H and O–H groups in total. The lowest BCUT2D eigenvalue weighted by Crippen LogP contribution is -2.46. The number of allylic oxidation sites excluding steroid dienone is 1. The Kier molecular flexibility index (Phi) is 12.4. The molecule has 0 aliphatic rings. The monoisotopic (exact) mass is 493 g/mol. The number of halogens is 1. The summed E-state index contributed by atoms with van der Waals surface area (Å²) in [6.07, 6.45) is 3.52. The Balaban J connectivity index is 2.73. The maximum Gasteiger partial charge on any atom is 0.410 e. The molecule has 7 nitrogen and oxygen atoms in total. The van der Waals surface area contributed by atoms with Crippen LogP contribution in [0.4, 0.5) is 10.5 Å². The third-order valence-corrected chi connectivity index (χ3v) is 5.85. The van der Waals surface area contributed by atoms with Gasteiger partial charge >= 0.3 is 6.09 Å². The van der Waals surface area contributed by atoms with E-state index < -0.39 is 5.60 Å². The fourth-order valence-electron chi connectivity index (χ4n) is 3.27. The molecule has 0 spiro atoms. The molecule has 1 aromatic rings. The summed E-state index contributed by atoms with van der Waals surface area (Å²) >= 11 is 6.01. The van der Waals surface area contributed by atoms with Crippen molar-refractivity contribution in [3.8, 4) is 0 Å². The molecular formula is C26H44ClN5O2. The molecule has 0 heterocycles. The van der Waals surface area contributed by atoms with Crippen molar-refractivity contribution in [1.82, 2.24) is 9.91 Å². The summed E-state index contributed by atoms with van der Waals surface area (Å²) in [5, 5.41) is 15.0. The molecule has 3 atom stereocenters. The van der Waals surface area contributed by atoms with E-state index in [0.717, 1.165) is 30.1 Å². The Morgan fingerprint density at radius 2 is 1.82 bits per heavy atom. The molecule has 0 fully saturated rings. The molecule has 0 aliphatic heterocycles. The second kappa shape index (κ2) is 14.2. The molecule has 1 aromatic carbocycles. The van der Waals surface area contributed by atoms with Crippen molar-refractivity contribution in [2.45, 2.75) is 92.0 Å². The minimum atomic E-state index is -0.532. The van der Waals surface area contributed by atoms with Crippen molar-refractivity contribution in [1.29, 1.82) is 0 Å². The van der Waals surface area contributed by atoms with Crippen LogP contribution < -0.4 is 5.32 Å². The van der Waals surface area contributed by atoms with Gasteiger partial charge in [-0.2, -0.15) is 5.11 Å². The van der Waals surface area contributed by atoms with Crippen LogP contribution in [0.2, 0.25) is 5.02 Å². The number of nitrogens with zero attached hydrogens (tertiary/aromatic N) is 4. The van der Waals surface area contributed by atoms with Crippen LogP contribution in [0.3, 0.4) is 0 Å². The molecule has 1 amide bonds. The van der Waals surface area contributed by atoms with Gasteiger partial charge in [0, 0.05) is 36.9 Å². The van der Waals surface area contributed by atoms with Crippen LogP contribution in [-0.4, -0.2) is 59.9 Å². The Morgan fingerprint density at radius 1 is 1.21 bits per heavy atom. The SMILES string of the molecule is C/C=C(\C)C(CCN(C)/N=N\[C@@H](C)C(C)N(CCC)C(=O)OC(C)(C)C)Nc1ccc(Cl)cc1. The van der Waals surface area contributed by atoms with Gasteiger partial charge in [0.25, 0.3) is 0 Å². The smallest absolute Gasteiger partial charge is 0.410 e. The van der Waals surface area contributed by atoms with E-state index in [4.69, 9.17) is 16.3 Å². The van der Waals surface area contributed by atoms with Gasteiger partial charge in [-0.3, -0.25) is 5.01 Å². The summed E-state index contributed by atoms with van der Waals surface area (Å²) in [6, 6.07) is 7.61. The van der Waals surface area contributed by atoms with Gasteiger partial charge in [-0.25, -0.2) is 4.79 Å². The number of carbonyl (C=O) groups excluding carboxylic acids is 1. The summed E-state index contributed by atoms with van der Waals surface area (Å²) in [5.41, 5.74) is 1.76. The average molecular weight is 494 g/mol. The van der Waals surface area contributed by atoms with E-state index in [0.29, 0.717) is 6.54 Å². The lowest BCUT2D eigenvalue weighted by atomic mass is 10.0. The maximum absolute atomic E-state index is 12.7. The highest BCUT2D eigenvalue weighted by atomic mass is 35.5. The number of amides is 1. The van der Waals surface area contributed by atoms with E-state index in [1.165, 1.54) is 5.57 Å². The van der Waals surface area contributed by atoms with E-state index in [9.17, 15) is 4.79 Å². The van der Waals surface area contributed by atoms with Crippen LogP contribution >= 0.6 is 11.6 Å². The zero-order valence-electron chi connectivity index (χ0n) is 22.4. The molecular weight excluding hydrogens is 450 g/mol. The highest BCUT2D eigenvalue weighted by molar-refractivity contribution is 6.30. The zero-order chi connectivity index (χ0) is 25.9. The minimum Gasteiger partial charge on any atom is -0.444 e. The number of rotatable bonds is 12. The van der Waals surface area contributed by atoms with Gasteiger partial charge in [0.2, 0.25) is 0 Å². The van der Waals surface area contributed by atoms with Crippen LogP contribution in [0.1, 0.15) is 68.2 Å². The van der Waals surface area contributed by atoms with Crippen molar-refractivity contribution in [3.63, 3.8) is 0 Å².